The summed E-state index contributed by atoms with van der Waals surface area (Å²) >= 11 is 4.92. The Morgan fingerprint density at radius 1 is 1.16 bits per heavy atom. The lowest BCUT2D eigenvalue weighted by molar-refractivity contribution is 0.196. The van der Waals surface area contributed by atoms with Gasteiger partial charge in [0, 0.05) is 20.8 Å². The van der Waals surface area contributed by atoms with Crippen molar-refractivity contribution in [2.45, 2.75) is 36.9 Å². The summed E-state index contributed by atoms with van der Waals surface area (Å²) in [6.07, 6.45) is -0.512. The van der Waals surface area contributed by atoms with Gasteiger partial charge >= 0.3 is 0 Å². The van der Waals surface area contributed by atoms with Crippen LogP contribution < -0.4 is 0 Å². The third kappa shape index (κ3) is 3.78. The van der Waals surface area contributed by atoms with Crippen LogP contribution in [0.1, 0.15) is 30.0 Å². The van der Waals surface area contributed by atoms with Crippen molar-refractivity contribution < 1.29 is 5.11 Å². The van der Waals surface area contributed by atoms with E-state index in [9.17, 15) is 5.11 Å². The molecule has 0 saturated heterocycles. The van der Waals surface area contributed by atoms with E-state index in [0.29, 0.717) is 5.16 Å². The van der Waals surface area contributed by atoms with Crippen LogP contribution >= 0.6 is 27.7 Å². The van der Waals surface area contributed by atoms with Crippen molar-refractivity contribution in [3.8, 4) is 0 Å². The third-order valence-electron chi connectivity index (χ3n) is 2.59. The molecule has 1 N–H and O–H groups in total. The van der Waals surface area contributed by atoms with E-state index >= 15 is 0 Å². The largest absolute Gasteiger partial charge is 0.389 e. The Kier molecular flexibility index (Phi) is 4.60. The van der Waals surface area contributed by atoms with Gasteiger partial charge in [0.2, 0.25) is 0 Å². The molecule has 1 unspecified atom stereocenters. The van der Waals surface area contributed by atoms with Gasteiger partial charge in [-0.05, 0) is 56.3 Å². The van der Waals surface area contributed by atoms with Gasteiger partial charge in [-0.3, -0.25) is 0 Å². The highest BCUT2D eigenvalue weighted by atomic mass is 79.9. The summed E-state index contributed by atoms with van der Waals surface area (Å²) in [6, 6.07) is 7.77. The molecule has 2 aromatic rings. The first kappa shape index (κ1) is 14.5. The lowest BCUT2D eigenvalue weighted by Crippen LogP contribution is -1.96. The molecule has 1 aromatic carbocycles. The molecule has 1 heterocycles. The van der Waals surface area contributed by atoms with Crippen LogP contribution in [0.2, 0.25) is 0 Å². The number of benzene rings is 1. The Balaban J connectivity index is 2.39. The van der Waals surface area contributed by atoms with Gasteiger partial charge in [0.15, 0.2) is 5.16 Å². The van der Waals surface area contributed by atoms with E-state index in [1.807, 2.05) is 38.1 Å². The Labute approximate surface area is 125 Å². The van der Waals surface area contributed by atoms with Crippen LogP contribution in [0.15, 0.2) is 38.8 Å². The number of aromatic nitrogens is 2. The van der Waals surface area contributed by atoms with E-state index in [4.69, 9.17) is 0 Å². The first-order chi connectivity index (χ1) is 8.95. The zero-order chi connectivity index (χ0) is 14.0. The topological polar surface area (TPSA) is 46.0 Å². The molecule has 0 aliphatic carbocycles. The number of aryl methyl sites for hydroxylation is 2. The second-order valence-corrected chi connectivity index (χ2v) is 6.32. The molecule has 0 spiro atoms. The summed E-state index contributed by atoms with van der Waals surface area (Å²) in [5.74, 6) is 0. The van der Waals surface area contributed by atoms with Crippen molar-refractivity contribution in [1.29, 1.82) is 0 Å². The molecule has 2 rings (SSSR count). The van der Waals surface area contributed by atoms with Gasteiger partial charge in [-0.1, -0.05) is 22.0 Å². The highest BCUT2D eigenvalue weighted by Crippen LogP contribution is 2.33. The maximum absolute atomic E-state index is 9.81. The van der Waals surface area contributed by atoms with Gasteiger partial charge < -0.3 is 5.11 Å². The fourth-order valence-electron chi connectivity index (χ4n) is 1.78. The van der Waals surface area contributed by atoms with Gasteiger partial charge in [-0.15, -0.1) is 0 Å². The van der Waals surface area contributed by atoms with E-state index in [-0.39, 0.29) is 0 Å². The van der Waals surface area contributed by atoms with Crippen molar-refractivity contribution in [3.63, 3.8) is 0 Å². The summed E-state index contributed by atoms with van der Waals surface area (Å²) in [5.41, 5.74) is 2.78. The number of aliphatic hydroxyl groups excluding tert-OH is 1. The van der Waals surface area contributed by atoms with Gasteiger partial charge in [-0.2, -0.15) is 0 Å². The molecular weight excluding hydrogens is 324 g/mol. The first-order valence-corrected chi connectivity index (χ1v) is 7.54. The number of hydrogen-bond acceptors (Lipinski definition) is 4. The maximum atomic E-state index is 9.81. The maximum Gasteiger partial charge on any atom is 0.192 e. The zero-order valence-electron chi connectivity index (χ0n) is 11.0. The molecule has 3 nitrogen and oxygen atoms in total. The Morgan fingerprint density at radius 2 is 1.79 bits per heavy atom. The summed E-state index contributed by atoms with van der Waals surface area (Å²) in [6.45, 7) is 5.67. The molecule has 0 radical (unpaired) electrons. The van der Waals surface area contributed by atoms with Crippen LogP contribution in [-0.4, -0.2) is 15.1 Å². The quantitative estimate of drug-likeness (QED) is 0.857. The second-order valence-electron chi connectivity index (χ2n) is 4.39. The van der Waals surface area contributed by atoms with Gasteiger partial charge in [0.25, 0.3) is 0 Å². The van der Waals surface area contributed by atoms with Crippen LogP contribution in [-0.2, 0) is 0 Å². The van der Waals surface area contributed by atoms with E-state index in [2.05, 4.69) is 25.9 Å². The molecule has 1 atom stereocenters. The zero-order valence-corrected chi connectivity index (χ0v) is 13.4. The van der Waals surface area contributed by atoms with E-state index < -0.39 is 6.10 Å². The first-order valence-electron chi connectivity index (χ1n) is 5.93. The van der Waals surface area contributed by atoms with E-state index in [1.54, 1.807) is 6.92 Å². The molecule has 19 heavy (non-hydrogen) atoms. The monoisotopic (exact) mass is 338 g/mol. The Morgan fingerprint density at radius 3 is 2.37 bits per heavy atom. The minimum Gasteiger partial charge on any atom is -0.389 e. The van der Waals surface area contributed by atoms with E-state index in [0.717, 1.165) is 26.3 Å². The molecule has 5 heteroatoms. The van der Waals surface area contributed by atoms with Crippen LogP contribution in [0.5, 0.6) is 0 Å². The molecule has 100 valence electrons. The van der Waals surface area contributed by atoms with Crippen LogP contribution in [0.3, 0.4) is 0 Å². The number of aliphatic hydroxyl groups is 1. The minimum absolute atomic E-state index is 0.512. The van der Waals surface area contributed by atoms with Crippen molar-refractivity contribution >= 4 is 27.7 Å². The van der Waals surface area contributed by atoms with Crippen LogP contribution in [0, 0.1) is 13.8 Å². The molecule has 1 aromatic heterocycles. The summed E-state index contributed by atoms with van der Waals surface area (Å²) < 4.78 is 0.976. The second kappa shape index (κ2) is 6.03. The fraction of sp³-hybridized carbons (Fsp3) is 0.286. The van der Waals surface area contributed by atoms with Crippen molar-refractivity contribution in [1.82, 2.24) is 9.97 Å². The number of hydrogen-bond donors (Lipinski definition) is 1. The smallest absolute Gasteiger partial charge is 0.192 e. The Hall–Kier alpha value is -0.910. The van der Waals surface area contributed by atoms with Crippen molar-refractivity contribution in [3.05, 3.63) is 45.7 Å². The predicted molar refractivity (Wildman–Crippen MR) is 80.4 cm³/mol. The molecule has 0 aliphatic rings. The SMILES string of the molecule is Cc1cc(C)nc(Sc2cc(Br)ccc2C(C)O)n1. The number of nitrogens with zero attached hydrogens (tertiary/aromatic N) is 2. The molecule has 0 aliphatic heterocycles. The molecule has 0 amide bonds. The highest BCUT2D eigenvalue weighted by Gasteiger charge is 2.11. The summed E-state index contributed by atoms with van der Waals surface area (Å²) in [4.78, 5) is 9.80. The molecule has 0 saturated carbocycles. The Bertz CT molecular complexity index is 582. The standard InChI is InChI=1S/C14H15BrN2OS/c1-8-6-9(2)17-14(16-8)19-13-7-11(15)4-5-12(13)10(3)18/h4-7,10,18H,1-3H3. The van der Waals surface area contributed by atoms with Crippen LogP contribution in [0.25, 0.3) is 0 Å². The fourth-order valence-corrected chi connectivity index (χ4v) is 3.41. The van der Waals surface area contributed by atoms with Gasteiger partial charge in [-0.25, -0.2) is 9.97 Å². The lowest BCUT2D eigenvalue weighted by Gasteiger charge is -2.11. The average molecular weight is 339 g/mol. The molecule has 0 fully saturated rings. The van der Waals surface area contributed by atoms with Crippen molar-refractivity contribution in [2.24, 2.45) is 0 Å². The van der Waals surface area contributed by atoms with Crippen LogP contribution in [0.4, 0.5) is 0 Å². The van der Waals surface area contributed by atoms with Gasteiger partial charge in [0.05, 0.1) is 6.10 Å². The number of rotatable bonds is 3. The average Bonchev–Trinajstić information content (AvgIpc) is 2.26. The third-order valence-corrected chi connectivity index (χ3v) is 4.02. The number of halogens is 1. The summed E-state index contributed by atoms with van der Waals surface area (Å²) in [7, 11) is 0. The predicted octanol–water partition coefficient (Wildman–Crippen LogP) is 4.06. The summed E-state index contributed by atoms with van der Waals surface area (Å²) in [5, 5.41) is 10.5. The van der Waals surface area contributed by atoms with Crippen molar-refractivity contribution in [2.75, 3.05) is 0 Å². The minimum atomic E-state index is -0.512. The highest BCUT2D eigenvalue weighted by molar-refractivity contribution is 9.10. The lowest BCUT2D eigenvalue weighted by atomic mass is 10.1. The normalized spacial score (nSPS) is 12.5. The molecule has 0 bridgehead atoms. The molecular formula is C14H15BrN2OS. The van der Waals surface area contributed by atoms with Gasteiger partial charge in [0.1, 0.15) is 0 Å². The van der Waals surface area contributed by atoms with E-state index in [1.165, 1.54) is 11.8 Å².